The zero-order valence-corrected chi connectivity index (χ0v) is 12.5. The highest BCUT2D eigenvalue weighted by Crippen LogP contribution is 2.32. The van der Waals surface area contributed by atoms with E-state index >= 15 is 0 Å². The highest BCUT2D eigenvalue weighted by Gasteiger charge is 2.16. The number of nitrogens with one attached hydrogen (secondary N) is 2. The van der Waals surface area contributed by atoms with Crippen LogP contribution in [0, 0.1) is 6.92 Å². The summed E-state index contributed by atoms with van der Waals surface area (Å²) >= 11 is 0. The van der Waals surface area contributed by atoms with Crippen LogP contribution in [0.25, 0.3) is 0 Å². The number of likely N-dealkylation sites (N-methyl/N-ethyl adjacent to an activating group) is 1. The van der Waals surface area contributed by atoms with Gasteiger partial charge in [-0.3, -0.25) is 4.79 Å². The van der Waals surface area contributed by atoms with Crippen molar-refractivity contribution in [3.63, 3.8) is 0 Å². The number of fused-ring (bicyclic) bond motifs is 1. The number of nitrogens with zero attached hydrogens (tertiary/aromatic N) is 1. The van der Waals surface area contributed by atoms with E-state index < -0.39 is 0 Å². The quantitative estimate of drug-likeness (QED) is 0.834. The number of ether oxygens (including phenoxy) is 2. The van der Waals surface area contributed by atoms with Crippen molar-refractivity contribution in [2.45, 2.75) is 13.5 Å². The van der Waals surface area contributed by atoms with Gasteiger partial charge in [-0.15, -0.1) is 0 Å². The number of rotatable bonds is 5. The van der Waals surface area contributed by atoms with Crippen molar-refractivity contribution in [3.8, 4) is 11.5 Å². The van der Waals surface area contributed by atoms with Crippen LogP contribution in [0.15, 0.2) is 28.8 Å². The molecule has 1 aliphatic rings. The Morgan fingerprint density at radius 3 is 2.91 bits per heavy atom. The third-order valence-electron chi connectivity index (χ3n) is 3.30. The number of amides is 1. The van der Waals surface area contributed by atoms with Gasteiger partial charge >= 0.3 is 0 Å². The summed E-state index contributed by atoms with van der Waals surface area (Å²) in [7, 11) is 1.96. The van der Waals surface area contributed by atoms with Gasteiger partial charge in [0.25, 0.3) is 5.91 Å². The number of quaternary nitrogens is 1. The lowest BCUT2D eigenvalue weighted by molar-refractivity contribution is -0.885. The molecule has 1 aromatic carbocycles. The van der Waals surface area contributed by atoms with Gasteiger partial charge in [0, 0.05) is 11.6 Å². The van der Waals surface area contributed by atoms with Crippen molar-refractivity contribution >= 4 is 11.7 Å². The lowest BCUT2D eigenvalue weighted by Gasteiger charge is -2.13. The standard InChI is InChI=1S/C15H17N3O4/c1-10-5-14(17-22-10)16-15(19)8-18(2)7-11-3-4-12-13(6-11)21-9-20-12/h3-6H,7-9H2,1-2H3,(H,16,17,19)/p+1. The first kappa shape index (κ1) is 14.4. The highest BCUT2D eigenvalue weighted by atomic mass is 16.7. The molecule has 2 N–H and O–H groups in total. The molecule has 0 saturated heterocycles. The molecule has 0 aliphatic carbocycles. The zero-order chi connectivity index (χ0) is 15.5. The molecule has 1 amide bonds. The van der Waals surface area contributed by atoms with Crippen LogP contribution >= 0.6 is 0 Å². The van der Waals surface area contributed by atoms with E-state index in [2.05, 4.69) is 10.5 Å². The van der Waals surface area contributed by atoms with Crippen LogP contribution in [0.1, 0.15) is 11.3 Å². The van der Waals surface area contributed by atoms with Crippen molar-refractivity contribution in [1.82, 2.24) is 5.16 Å². The van der Waals surface area contributed by atoms with Gasteiger partial charge in [0.05, 0.1) is 7.05 Å². The summed E-state index contributed by atoms with van der Waals surface area (Å²) in [6.07, 6.45) is 0. The van der Waals surface area contributed by atoms with Gasteiger partial charge in [-0.25, -0.2) is 0 Å². The molecule has 1 unspecified atom stereocenters. The van der Waals surface area contributed by atoms with Crippen LogP contribution in [-0.4, -0.2) is 31.4 Å². The largest absolute Gasteiger partial charge is 0.454 e. The van der Waals surface area contributed by atoms with E-state index in [0.29, 0.717) is 24.7 Å². The molecule has 22 heavy (non-hydrogen) atoms. The van der Waals surface area contributed by atoms with Gasteiger partial charge in [0.2, 0.25) is 6.79 Å². The highest BCUT2D eigenvalue weighted by molar-refractivity contribution is 5.90. The van der Waals surface area contributed by atoms with Crippen molar-refractivity contribution in [2.75, 3.05) is 25.7 Å². The first-order chi connectivity index (χ1) is 10.6. The molecule has 0 bridgehead atoms. The first-order valence-electron chi connectivity index (χ1n) is 7.03. The summed E-state index contributed by atoms with van der Waals surface area (Å²) < 4.78 is 15.5. The third-order valence-corrected chi connectivity index (χ3v) is 3.30. The lowest BCUT2D eigenvalue weighted by atomic mass is 10.2. The van der Waals surface area contributed by atoms with Crippen molar-refractivity contribution in [3.05, 3.63) is 35.6 Å². The second-order valence-corrected chi connectivity index (χ2v) is 5.37. The van der Waals surface area contributed by atoms with Gasteiger partial charge in [-0.1, -0.05) is 5.16 Å². The molecule has 2 heterocycles. The molecule has 2 aromatic rings. The molecule has 7 nitrogen and oxygen atoms in total. The van der Waals surface area contributed by atoms with Crippen LogP contribution in [0.5, 0.6) is 11.5 Å². The predicted molar refractivity (Wildman–Crippen MR) is 77.9 cm³/mol. The summed E-state index contributed by atoms with van der Waals surface area (Å²) in [5.74, 6) is 2.52. The van der Waals surface area contributed by atoms with E-state index in [-0.39, 0.29) is 12.7 Å². The van der Waals surface area contributed by atoms with Crippen LogP contribution in [0.3, 0.4) is 0 Å². The summed E-state index contributed by atoms with van der Waals surface area (Å²) in [5, 5.41) is 6.45. The number of benzene rings is 1. The second-order valence-electron chi connectivity index (χ2n) is 5.37. The SMILES string of the molecule is Cc1cc(NC(=O)C[NH+](C)Cc2ccc3c(c2)OCO3)no1. The van der Waals surface area contributed by atoms with Gasteiger partial charge < -0.3 is 24.2 Å². The molecule has 0 fully saturated rings. The Morgan fingerprint density at radius 1 is 1.32 bits per heavy atom. The summed E-state index contributed by atoms with van der Waals surface area (Å²) in [4.78, 5) is 13.0. The van der Waals surface area contributed by atoms with Gasteiger partial charge in [-0.2, -0.15) is 0 Å². The number of hydrogen-bond donors (Lipinski definition) is 2. The molecule has 116 valence electrons. The fraction of sp³-hybridized carbons (Fsp3) is 0.333. The van der Waals surface area contributed by atoms with Crippen molar-refractivity contribution in [1.29, 1.82) is 0 Å². The van der Waals surface area contributed by atoms with E-state index in [9.17, 15) is 4.79 Å². The molecule has 1 aliphatic heterocycles. The minimum absolute atomic E-state index is 0.105. The van der Waals surface area contributed by atoms with E-state index in [1.807, 2.05) is 25.2 Å². The monoisotopic (exact) mass is 304 g/mol. The molecule has 3 rings (SSSR count). The molecule has 7 heteroatoms. The van der Waals surface area contributed by atoms with E-state index in [1.165, 1.54) is 0 Å². The Bertz CT molecular complexity index is 683. The second kappa shape index (κ2) is 6.07. The maximum Gasteiger partial charge on any atom is 0.280 e. The van der Waals surface area contributed by atoms with Crippen LogP contribution in [0.4, 0.5) is 5.82 Å². The van der Waals surface area contributed by atoms with E-state index in [4.69, 9.17) is 14.0 Å². The van der Waals surface area contributed by atoms with Crippen LogP contribution < -0.4 is 19.7 Å². The normalized spacial score (nSPS) is 13.9. The third kappa shape index (κ3) is 3.37. The fourth-order valence-electron chi connectivity index (χ4n) is 2.35. The topological polar surface area (TPSA) is 78.0 Å². The zero-order valence-electron chi connectivity index (χ0n) is 12.5. The van der Waals surface area contributed by atoms with Gasteiger partial charge in [0.1, 0.15) is 12.3 Å². The molecule has 1 aromatic heterocycles. The van der Waals surface area contributed by atoms with Crippen LogP contribution in [0.2, 0.25) is 0 Å². The summed E-state index contributed by atoms with van der Waals surface area (Å²) in [6.45, 7) is 3.09. The Labute approximate surface area is 127 Å². The molecule has 0 saturated carbocycles. The Balaban J connectivity index is 1.53. The Morgan fingerprint density at radius 2 is 2.14 bits per heavy atom. The molecule has 0 spiro atoms. The van der Waals surface area contributed by atoms with Crippen molar-refractivity contribution in [2.24, 2.45) is 0 Å². The lowest BCUT2D eigenvalue weighted by Crippen LogP contribution is -3.08. The number of hydrogen-bond acceptors (Lipinski definition) is 5. The van der Waals surface area contributed by atoms with Crippen LogP contribution in [-0.2, 0) is 11.3 Å². The summed E-state index contributed by atoms with van der Waals surface area (Å²) in [5.41, 5.74) is 1.09. The van der Waals surface area contributed by atoms with Crippen molar-refractivity contribution < 1.29 is 23.7 Å². The van der Waals surface area contributed by atoms with E-state index in [1.54, 1.807) is 13.0 Å². The minimum atomic E-state index is -0.105. The number of carbonyl (C=O) groups is 1. The number of aryl methyl sites for hydroxylation is 1. The molecular formula is C15H18N3O4+. The fourth-order valence-corrected chi connectivity index (χ4v) is 2.35. The first-order valence-corrected chi connectivity index (χ1v) is 7.03. The molecule has 1 atom stereocenters. The minimum Gasteiger partial charge on any atom is -0.454 e. The van der Waals surface area contributed by atoms with E-state index in [0.717, 1.165) is 22.0 Å². The Hall–Kier alpha value is -2.54. The average molecular weight is 304 g/mol. The number of carbonyl (C=O) groups excluding carboxylic acids is 1. The average Bonchev–Trinajstić information content (AvgIpc) is 3.06. The summed E-state index contributed by atoms with van der Waals surface area (Å²) in [6, 6.07) is 7.51. The maximum absolute atomic E-state index is 12.0. The number of aromatic nitrogens is 1. The smallest absolute Gasteiger partial charge is 0.280 e. The molecular weight excluding hydrogens is 286 g/mol. The Kier molecular flexibility index (Phi) is 3.97. The number of anilines is 1. The maximum atomic E-state index is 12.0. The van der Waals surface area contributed by atoms with Gasteiger partial charge in [-0.05, 0) is 25.1 Å². The predicted octanol–water partition coefficient (Wildman–Crippen LogP) is 0.365. The van der Waals surface area contributed by atoms with Gasteiger partial charge in [0.15, 0.2) is 23.9 Å². The molecule has 0 radical (unpaired) electrons.